The number of H-pyrrole nitrogens is 2. The first-order valence-corrected chi connectivity index (χ1v) is 3.40. The summed E-state index contributed by atoms with van der Waals surface area (Å²) in [5.41, 5.74) is 6.59. The van der Waals surface area contributed by atoms with Crippen LogP contribution in [0.5, 0.6) is 0 Å². The van der Waals surface area contributed by atoms with E-state index >= 15 is 0 Å². The number of rotatable bonds is 3. The maximum Gasteiger partial charge on any atom is 0.244 e. The molecule has 0 bridgehead atoms. The largest absolute Gasteiger partial charge is 0.330 e. The van der Waals surface area contributed by atoms with Gasteiger partial charge >= 0.3 is 0 Å². The lowest BCUT2D eigenvalue weighted by atomic mass is 11.0. The molecule has 0 aliphatic heterocycles. The lowest BCUT2D eigenvalue weighted by molar-refractivity contribution is 0.941. The zero-order valence-corrected chi connectivity index (χ0v) is 6.15. The fraction of sp³-hybridized carbons (Fsp3) is 0. The molecule has 61 valence electrons. The summed E-state index contributed by atoms with van der Waals surface area (Å²) in [4.78, 5) is 13.5. The van der Waals surface area contributed by atoms with Crippen molar-refractivity contribution >= 4 is 11.9 Å². The van der Waals surface area contributed by atoms with E-state index in [1.54, 1.807) is 24.8 Å². The molecule has 2 aromatic heterocycles. The molecule has 0 spiro atoms. The molecule has 12 heavy (non-hydrogen) atoms. The quantitative estimate of drug-likeness (QED) is 0.572. The predicted molar refractivity (Wildman–Crippen MR) is 42.6 cm³/mol. The third kappa shape index (κ3) is 1.36. The molecule has 0 aliphatic rings. The van der Waals surface area contributed by atoms with Crippen LogP contribution in [-0.4, -0.2) is 19.9 Å². The summed E-state index contributed by atoms with van der Waals surface area (Å²) in [5.74, 6) is 1.11. The average molecular weight is 163 g/mol. The summed E-state index contributed by atoms with van der Waals surface area (Å²) in [6.07, 6.45) is 6.67. The highest BCUT2D eigenvalue weighted by atomic mass is 15.4. The lowest BCUT2D eigenvalue weighted by Gasteiger charge is -1.97. The molecule has 0 atom stereocenters. The summed E-state index contributed by atoms with van der Waals surface area (Å²) in [6, 6.07) is 0. The first-order chi connectivity index (χ1) is 5.95. The zero-order chi connectivity index (χ0) is 8.23. The van der Waals surface area contributed by atoms with Crippen molar-refractivity contribution in [3.05, 3.63) is 24.8 Å². The maximum atomic E-state index is 3.91. The third-order valence-corrected chi connectivity index (χ3v) is 1.25. The minimum atomic E-state index is 0.520. The molecule has 0 aromatic carbocycles. The molecule has 2 heterocycles. The molecule has 0 saturated heterocycles. The first-order valence-electron chi connectivity index (χ1n) is 3.40. The third-order valence-electron chi connectivity index (χ3n) is 1.25. The van der Waals surface area contributed by atoms with E-state index in [0.29, 0.717) is 11.9 Å². The average Bonchev–Trinajstić information content (AvgIpc) is 2.74. The second kappa shape index (κ2) is 2.95. The minimum Gasteiger partial charge on any atom is -0.330 e. The second-order valence-corrected chi connectivity index (χ2v) is 2.07. The van der Waals surface area contributed by atoms with E-state index in [0.717, 1.165) is 0 Å². The molecule has 6 nitrogen and oxygen atoms in total. The van der Waals surface area contributed by atoms with Crippen LogP contribution in [0.1, 0.15) is 0 Å². The molecule has 0 aliphatic carbocycles. The Labute approximate surface area is 68.4 Å². The van der Waals surface area contributed by atoms with Crippen LogP contribution < -0.4 is 10.9 Å². The highest BCUT2D eigenvalue weighted by Crippen LogP contribution is 1.97. The van der Waals surface area contributed by atoms with Gasteiger partial charge in [-0.3, -0.25) is 0 Å². The number of anilines is 1. The molecular weight excluding hydrogens is 156 g/mol. The van der Waals surface area contributed by atoms with Gasteiger partial charge in [-0.25, -0.2) is 15.4 Å². The van der Waals surface area contributed by atoms with Gasteiger partial charge in [0.25, 0.3) is 0 Å². The first kappa shape index (κ1) is 6.71. The number of aromatic amines is 2. The summed E-state index contributed by atoms with van der Waals surface area (Å²) in [6.45, 7) is 0. The molecule has 2 rings (SSSR count). The van der Waals surface area contributed by atoms with Gasteiger partial charge < -0.3 is 9.97 Å². The molecule has 0 amide bonds. The Kier molecular flexibility index (Phi) is 1.65. The lowest BCUT2D eigenvalue weighted by Crippen LogP contribution is -2.09. The van der Waals surface area contributed by atoms with Crippen LogP contribution >= 0.6 is 0 Å². The van der Waals surface area contributed by atoms with Crippen LogP contribution in [0, 0.1) is 0 Å². The number of imidazole rings is 2. The van der Waals surface area contributed by atoms with Crippen molar-refractivity contribution in [2.75, 3.05) is 5.43 Å². The molecule has 6 heteroatoms. The molecule has 0 saturated carbocycles. The molecular formula is C6H7N6. The Balaban J connectivity index is 1.91. The van der Waals surface area contributed by atoms with Gasteiger partial charge in [0.1, 0.15) is 0 Å². The van der Waals surface area contributed by atoms with Crippen molar-refractivity contribution in [1.29, 1.82) is 0 Å². The highest BCUT2D eigenvalue weighted by molar-refractivity contribution is 5.25. The van der Waals surface area contributed by atoms with Crippen molar-refractivity contribution in [2.24, 2.45) is 0 Å². The predicted octanol–water partition coefficient (Wildman–Crippen LogP) is 0.396. The van der Waals surface area contributed by atoms with Crippen molar-refractivity contribution in [3.8, 4) is 0 Å². The van der Waals surface area contributed by atoms with Gasteiger partial charge in [0.15, 0.2) is 0 Å². The Morgan fingerprint density at radius 2 is 2.00 bits per heavy atom. The summed E-state index contributed by atoms with van der Waals surface area (Å²) in [5, 5.41) is 0. The second-order valence-electron chi connectivity index (χ2n) is 2.07. The zero-order valence-electron chi connectivity index (χ0n) is 6.15. The molecule has 0 fully saturated rings. The number of nitrogens with zero attached hydrogens (tertiary/aromatic N) is 3. The van der Waals surface area contributed by atoms with Gasteiger partial charge in [-0.05, 0) is 0 Å². The SMILES string of the molecule is c1c[nH]c([N]Nc2ncc[nH]2)n1. The van der Waals surface area contributed by atoms with Crippen LogP contribution in [0.3, 0.4) is 0 Å². The maximum absolute atomic E-state index is 3.91. The van der Waals surface area contributed by atoms with Gasteiger partial charge in [0.2, 0.25) is 11.9 Å². The van der Waals surface area contributed by atoms with Crippen LogP contribution in [0.2, 0.25) is 0 Å². The van der Waals surface area contributed by atoms with Crippen LogP contribution in [-0.2, 0) is 0 Å². The van der Waals surface area contributed by atoms with Gasteiger partial charge in [-0.1, -0.05) is 0 Å². The van der Waals surface area contributed by atoms with Crippen molar-refractivity contribution in [1.82, 2.24) is 25.4 Å². The normalized spacial score (nSPS) is 9.67. The van der Waals surface area contributed by atoms with Crippen LogP contribution in [0.15, 0.2) is 24.8 Å². The Hall–Kier alpha value is -1.98. The van der Waals surface area contributed by atoms with E-state index in [1.165, 1.54) is 0 Å². The van der Waals surface area contributed by atoms with Gasteiger partial charge in [-0.15, -0.1) is 5.43 Å². The number of hydrogen-bond donors (Lipinski definition) is 3. The van der Waals surface area contributed by atoms with Crippen LogP contribution in [0.25, 0.3) is 0 Å². The van der Waals surface area contributed by atoms with Gasteiger partial charge in [0.05, 0.1) is 0 Å². The van der Waals surface area contributed by atoms with Gasteiger partial charge in [0, 0.05) is 24.8 Å². The minimum absolute atomic E-state index is 0.520. The number of aromatic nitrogens is 4. The van der Waals surface area contributed by atoms with Crippen molar-refractivity contribution in [2.45, 2.75) is 0 Å². The Morgan fingerprint density at radius 1 is 1.17 bits per heavy atom. The standard InChI is InChI=1S/C6H7N6/c1-2-8-5(7-1)11-12-6-9-3-4-10-6/h1-4H,(H,7,8)(H2,9,10,12). The summed E-state index contributed by atoms with van der Waals surface area (Å²) >= 11 is 0. The smallest absolute Gasteiger partial charge is 0.244 e. The van der Waals surface area contributed by atoms with E-state index in [-0.39, 0.29) is 0 Å². The van der Waals surface area contributed by atoms with Gasteiger partial charge in [-0.2, -0.15) is 0 Å². The molecule has 0 unspecified atom stereocenters. The Bertz CT molecular complexity index is 275. The number of hydrogen-bond acceptors (Lipinski definition) is 3. The topological polar surface area (TPSA) is 83.5 Å². The molecule has 3 N–H and O–H groups in total. The monoisotopic (exact) mass is 163 g/mol. The van der Waals surface area contributed by atoms with E-state index in [4.69, 9.17) is 0 Å². The molecule has 2 aromatic rings. The van der Waals surface area contributed by atoms with E-state index in [1.807, 2.05) is 0 Å². The molecule has 1 radical (unpaired) electrons. The Morgan fingerprint density at radius 3 is 2.67 bits per heavy atom. The van der Waals surface area contributed by atoms with E-state index in [9.17, 15) is 0 Å². The van der Waals surface area contributed by atoms with Crippen molar-refractivity contribution in [3.63, 3.8) is 0 Å². The fourth-order valence-electron chi connectivity index (χ4n) is 0.750. The van der Waals surface area contributed by atoms with E-state index < -0.39 is 0 Å². The summed E-state index contributed by atoms with van der Waals surface area (Å²) < 4.78 is 0. The fourth-order valence-corrected chi connectivity index (χ4v) is 0.750. The van der Waals surface area contributed by atoms with Crippen molar-refractivity contribution < 1.29 is 0 Å². The summed E-state index contributed by atoms with van der Waals surface area (Å²) in [7, 11) is 0. The van der Waals surface area contributed by atoms with E-state index in [2.05, 4.69) is 30.8 Å². The highest BCUT2D eigenvalue weighted by Gasteiger charge is 1.95. The van der Waals surface area contributed by atoms with Crippen LogP contribution in [0.4, 0.5) is 11.9 Å². The number of nitrogens with one attached hydrogen (secondary N) is 3.